The van der Waals surface area contributed by atoms with Gasteiger partial charge in [-0.15, -0.1) is 0 Å². The molecule has 1 atom stereocenters. The first-order valence-electron chi connectivity index (χ1n) is 9.46. The summed E-state index contributed by atoms with van der Waals surface area (Å²) in [4.78, 5) is 29.7. The molecule has 1 aliphatic rings. The molecule has 1 fully saturated rings. The van der Waals surface area contributed by atoms with Crippen molar-refractivity contribution in [2.45, 2.75) is 19.0 Å². The molecule has 1 saturated heterocycles. The fourth-order valence-electron chi connectivity index (χ4n) is 3.52. The predicted molar refractivity (Wildman–Crippen MR) is 109 cm³/mol. The fourth-order valence-corrected chi connectivity index (χ4v) is 3.52. The van der Waals surface area contributed by atoms with Gasteiger partial charge in [0.05, 0.1) is 0 Å². The number of ether oxygens (including phenoxy) is 1. The maximum Gasteiger partial charge on any atom is 0.328 e. The smallest absolute Gasteiger partial charge is 0.328 e. The number of esters is 1. The van der Waals surface area contributed by atoms with Crippen LogP contribution < -0.4 is 0 Å². The number of hydrogen-bond donors (Lipinski definition) is 0. The summed E-state index contributed by atoms with van der Waals surface area (Å²) in [6.07, 6.45) is 1.55. The van der Waals surface area contributed by atoms with Crippen molar-refractivity contribution in [2.75, 3.05) is 26.2 Å². The van der Waals surface area contributed by atoms with Crippen molar-refractivity contribution in [3.05, 3.63) is 84.4 Å². The van der Waals surface area contributed by atoms with Gasteiger partial charge in [0.15, 0.2) is 0 Å². The summed E-state index contributed by atoms with van der Waals surface area (Å²) < 4.78 is 5.40. The van der Waals surface area contributed by atoms with Crippen LogP contribution in [0, 0.1) is 0 Å². The molecular weight excluding hydrogens is 352 g/mol. The number of hydrogen-bond acceptors (Lipinski definition) is 4. The van der Waals surface area contributed by atoms with Gasteiger partial charge in [-0.2, -0.15) is 0 Å². The summed E-state index contributed by atoms with van der Waals surface area (Å²) in [5.74, 6) is -0.406. The van der Waals surface area contributed by atoms with Gasteiger partial charge in [-0.1, -0.05) is 61.2 Å². The summed E-state index contributed by atoms with van der Waals surface area (Å²) >= 11 is 0. The largest absolute Gasteiger partial charge is 0.460 e. The lowest BCUT2D eigenvalue weighted by molar-refractivity contribution is -0.160. The molecule has 0 aliphatic carbocycles. The summed E-state index contributed by atoms with van der Waals surface area (Å²) in [6, 6.07) is 19.2. The number of benzene rings is 2. The molecule has 2 aromatic rings. The molecule has 146 valence electrons. The van der Waals surface area contributed by atoms with Crippen molar-refractivity contribution >= 4 is 11.9 Å². The molecule has 1 aliphatic heterocycles. The fraction of sp³-hybridized carbons (Fsp3) is 0.304. The van der Waals surface area contributed by atoms with Crippen molar-refractivity contribution in [3.63, 3.8) is 0 Å². The van der Waals surface area contributed by atoms with Crippen LogP contribution in [0.3, 0.4) is 0 Å². The second kappa shape index (κ2) is 8.85. The average Bonchev–Trinajstić information content (AvgIpc) is 2.74. The number of rotatable bonds is 6. The van der Waals surface area contributed by atoms with Crippen molar-refractivity contribution < 1.29 is 14.3 Å². The van der Waals surface area contributed by atoms with E-state index in [4.69, 9.17) is 4.74 Å². The summed E-state index contributed by atoms with van der Waals surface area (Å²) in [5, 5.41) is 0. The van der Waals surface area contributed by atoms with Crippen LogP contribution in [0.1, 0.15) is 22.8 Å². The maximum atomic E-state index is 12.9. The van der Waals surface area contributed by atoms with Gasteiger partial charge in [0.1, 0.15) is 12.1 Å². The Hall–Kier alpha value is -2.92. The molecule has 2 aromatic carbocycles. The SMILES string of the molecule is C=CCOC(=O)C1(C)CN(C(=O)c2ccccc2)CCN1Cc1ccccc1. The highest BCUT2D eigenvalue weighted by Gasteiger charge is 2.46. The Kier molecular flexibility index (Phi) is 6.26. The van der Waals surface area contributed by atoms with E-state index in [1.807, 2.05) is 55.5 Å². The molecule has 5 nitrogen and oxygen atoms in total. The lowest BCUT2D eigenvalue weighted by Gasteiger charge is -2.47. The standard InChI is InChI=1S/C23H26N2O3/c1-3-16-28-22(27)23(2)18-24(21(26)20-12-8-5-9-13-20)14-15-25(23)17-19-10-6-4-7-11-19/h3-13H,1,14-18H2,2H3. The molecule has 0 saturated carbocycles. The van der Waals surface area contributed by atoms with E-state index in [0.717, 1.165) is 5.56 Å². The van der Waals surface area contributed by atoms with E-state index in [2.05, 4.69) is 11.5 Å². The van der Waals surface area contributed by atoms with Gasteiger partial charge in [0.2, 0.25) is 0 Å². The van der Waals surface area contributed by atoms with Gasteiger partial charge in [-0.25, -0.2) is 4.79 Å². The van der Waals surface area contributed by atoms with Gasteiger partial charge in [0.25, 0.3) is 5.91 Å². The Morgan fingerprint density at radius 1 is 1.07 bits per heavy atom. The van der Waals surface area contributed by atoms with Crippen LogP contribution >= 0.6 is 0 Å². The highest BCUT2D eigenvalue weighted by atomic mass is 16.5. The zero-order valence-electron chi connectivity index (χ0n) is 16.2. The minimum Gasteiger partial charge on any atom is -0.460 e. The number of nitrogens with zero attached hydrogens (tertiary/aromatic N) is 2. The van der Waals surface area contributed by atoms with E-state index < -0.39 is 5.54 Å². The van der Waals surface area contributed by atoms with Gasteiger partial charge in [-0.3, -0.25) is 9.69 Å². The van der Waals surface area contributed by atoms with Crippen LogP contribution in [0.2, 0.25) is 0 Å². The first-order valence-corrected chi connectivity index (χ1v) is 9.46. The van der Waals surface area contributed by atoms with Crippen molar-refractivity contribution in [1.29, 1.82) is 0 Å². The van der Waals surface area contributed by atoms with E-state index in [9.17, 15) is 9.59 Å². The van der Waals surface area contributed by atoms with Crippen LogP contribution in [0.4, 0.5) is 0 Å². The van der Waals surface area contributed by atoms with Crippen LogP contribution in [0.15, 0.2) is 73.3 Å². The summed E-state index contributed by atoms with van der Waals surface area (Å²) in [6.45, 7) is 7.67. The second-order valence-electron chi connectivity index (χ2n) is 7.16. The molecular formula is C23H26N2O3. The minimum atomic E-state index is -0.929. The molecule has 5 heteroatoms. The van der Waals surface area contributed by atoms with E-state index in [-0.39, 0.29) is 25.0 Å². The third-order valence-corrected chi connectivity index (χ3v) is 5.13. The highest BCUT2D eigenvalue weighted by Crippen LogP contribution is 2.26. The summed E-state index contributed by atoms with van der Waals surface area (Å²) in [5.41, 5.74) is 0.815. The third kappa shape index (κ3) is 4.31. The van der Waals surface area contributed by atoms with Crippen LogP contribution in [0.25, 0.3) is 0 Å². The molecule has 0 N–H and O–H groups in total. The molecule has 0 radical (unpaired) electrons. The number of carbonyl (C=O) groups excluding carboxylic acids is 2. The minimum absolute atomic E-state index is 0.0669. The third-order valence-electron chi connectivity index (χ3n) is 5.13. The van der Waals surface area contributed by atoms with Gasteiger partial charge < -0.3 is 9.64 Å². The Morgan fingerprint density at radius 2 is 1.71 bits per heavy atom. The topological polar surface area (TPSA) is 49.9 Å². The Bertz CT molecular complexity index is 822. The van der Waals surface area contributed by atoms with E-state index in [1.165, 1.54) is 0 Å². The van der Waals surface area contributed by atoms with E-state index >= 15 is 0 Å². The Morgan fingerprint density at radius 3 is 2.36 bits per heavy atom. The van der Waals surface area contributed by atoms with Crippen LogP contribution in [-0.2, 0) is 16.1 Å². The maximum absolute atomic E-state index is 12.9. The quantitative estimate of drug-likeness (QED) is 0.572. The average molecular weight is 378 g/mol. The van der Waals surface area contributed by atoms with E-state index in [1.54, 1.807) is 23.1 Å². The van der Waals surface area contributed by atoms with Crippen molar-refractivity contribution in [1.82, 2.24) is 9.80 Å². The highest BCUT2D eigenvalue weighted by molar-refractivity contribution is 5.95. The van der Waals surface area contributed by atoms with Crippen molar-refractivity contribution in [2.24, 2.45) is 0 Å². The molecule has 28 heavy (non-hydrogen) atoms. The summed E-state index contributed by atoms with van der Waals surface area (Å²) in [7, 11) is 0. The first kappa shape index (κ1) is 19.8. The Labute approximate surface area is 166 Å². The van der Waals surface area contributed by atoms with Crippen molar-refractivity contribution in [3.8, 4) is 0 Å². The Balaban J connectivity index is 1.83. The second-order valence-corrected chi connectivity index (χ2v) is 7.16. The lowest BCUT2D eigenvalue weighted by Crippen LogP contribution is -2.65. The molecule has 0 bridgehead atoms. The molecule has 0 spiro atoms. The van der Waals surface area contributed by atoms with Gasteiger partial charge in [-0.05, 0) is 24.6 Å². The molecule has 1 unspecified atom stereocenters. The van der Waals surface area contributed by atoms with Gasteiger partial charge >= 0.3 is 5.97 Å². The van der Waals surface area contributed by atoms with Gasteiger partial charge in [0, 0.05) is 31.7 Å². The van der Waals surface area contributed by atoms with Crippen LogP contribution in [-0.4, -0.2) is 53.5 Å². The number of carbonyl (C=O) groups is 2. The molecule has 1 heterocycles. The number of amides is 1. The zero-order chi connectivity index (χ0) is 20.0. The number of piperazine rings is 1. The zero-order valence-corrected chi connectivity index (χ0v) is 16.2. The normalized spacial score (nSPS) is 19.8. The van der Waals surface area contributed by atoms with Crippen LogP contribution in [0.5, 0.6) is 0 Å². The van der Waals surface area contributed by atoms with E-state index in [0.29, 0.717) is 25.2 Å². The predicted octanol–water partition coefficient (Wildman–Crippen LogP) is 3.13. The molecule has 1 amide bonds. The monoisotopic (exact) mass is 378 g/mol. The lowest BCUT2D eigenvalue weighted by atomic mass is 9.94. The molecule has 3 rings (SSSR count). The molecule has 0 aromatic heterocycles. The first-order chi connectivity index (χ1) is 13.5.